The molecule has 9 nitrogen and oxygen atoms in total. The number of phosphoric ester groups is 1. The molecule has 0 spiro atoms. The van der Waals surface area contributed by atoms with E-state index in [1.807, 2.05) is 21.1 Å². The highest BCUT2D eigenvalue weighted by Crippen LogP contribution is 2.38. The first kappa shape index (κ1) is 63.7. The van der Waals surface area contributed by atoms with E-state index in [9.17, 15) is 19.0 Å². The molecule has 2 atom stereocenters. The lowest BCUT2D eigenvalue weighted by molar-refractivity contribution is -0.870. The summed E-state index contributed by atoms with van der Waals surface area (Å²) >= 11 is 0. The maximum Gasteiger partial charge on any atom is 0.306 e. The summed E-state index contributed by atoms with van der Waals surface area (Å²) < 4.78 is 34.1. The number of ether oxygens (including phenoxy) is 2. The van der Waals surface area contributed by atoms with Gasteiger partial charge in [0, 0.05) is 12.8 Å². The predicted molar refractivity (Wildman–Crippen MR) is 277 cm³/mol. The molecule has 0 fully saturated rings. The second-order valence-electron chi connectivity index (χ2n) is 19.2. The third kappa shape index (κ3) is 51.1. The van der Waals surface area contributed by atoms with Gasteiger partial charge in [0.05, 0.1) is 27.7 Å². The van der Waals surface area contributed by atoms with Crippen LogP contribution in [0.15, 0.2) is 60.8 Å². The van der Waals surface area contributed by atoms with Crippen LogP contribution in [0.4, 0.5) is 0 Å². The molecule has 0 aromatic carbocycles. The molecule has 0 aliphatic heterocycles. The highest BCUT2D eigenvalue weighted by molar-refractivity contribution is 7.45. The summed E-state index contributed by atoms with van der Waals surface area (Å²) in [5, 5.41) is 0. The summed E-state index contributed by atoms with van der Waals surface area (Å²) in [6, 6.07) is 0. The molecule has 0 rings (SSSR count). The summed E-state index contributed by atoms with van der Waals surface area (Å²) in [5.41, 5.74) is 0. The average Bonchev–Trinajstić information content (AvgIpc) is 3.27. The van der Waals surface area contributed by atoms with Crippen molar-refractivity contribution in [2.24, 2.45) is 0 Å². The molecule has 0 radical (unpaired) electrons. The molecule has 0 N–H and O–H groups in total. The van der Waals surface area contributed by atoms with Gasteiger partial charge in [-0.15, -0.1) is 0 Å². The Labute approximate surface area is 406 Å². The number of unbranched alkanes of at least 4 members (excludes halogenated alkanes) is 25. The number of carbonyl (C=O) groups is 2. The minimum Gasteiger partial charge on any atom is -0.756 e. The summed E-state index contributed by atoms with van der Waals surface area (Å²) in [7, 11) is 1.16. The number of nitrogens with zero attached hydrogens (tertiary/aromatic N) is 1. The molecule has 0 saturated heterocycles. The zero-order valence-corrected chi connectivity index (χ0v) is 44.3. The van der Waals surface area contributed by atoms with E-state index in [2.05, 4.69) is 74.6 Å². The molecule has 0 aliphatic carbocycles. The van der Waals surface area contributed by atoms with Crippen LogP contribution >= 0.6 is 7.82 Å². The van der Waals surface area contributed by atoms with Crippen molar-refractivity contribution < 1.29 is 42.1 Å². The monoisotopic (exact) mass is 948 g/mol. The summed E-state index contributed by atoms with van der Waals surface area (Å²) in [6.07, 6.45) is 59.6. The molecule has 2 unspecified atom stereocenters. The SMILES string of the molecule is CC/C=C\C/C=C\C/C=C\C/C=C\C/C=C\CCCCCCCCCC(=O)OC(COC(=O)CCCCCCCCCCCCCCCCCCCCC)COP(=O)([O-])OCC[N+](C)(C)C. The van der Waals surface area contributed by atoms with Gasteiger partial charge in [-0.2, -0.15) is 0 Å². The summed E-state index contributed by atoms with van der Waals surface area (Å²) in [4.78, 5) is 37.8. The molecule has 66 heavy (non-hydrogen) atoms. The summed E-state index contributed by atoms with van der Waals surface area (Å²) in [5.74, 6) is -0.840. The quantitative estimate of drug-likeness (QED) is 0.0195. The molecule has 0 aliphatic rings. The van der Waals surface area contributed by atoms with Gasteiger partial charge in [-0.05, 0) is 57.8 Å². The minimum atomic E-state index is -4.64. The van der Waals surface area contributed by atoms with Crippen LogP contribution in [0.1, 0.15) is 232 Å². The number of quaternary nitrogens is 1. The van der Waals surface area contributed by atoms with Gasteiger partial charge in [-0.3, -0.25) is 14.2 Å². The maximum atomic E-state index is 12.8. The first-order valence-electron chi connectivity index (χ1n) is 27.0. The number of esters is 2. The van der Waals surface area contributed by atoms with E-state index in [0.717, 1.165) is 77.0 Å². The number of carbonyl (C=O) groups excluding carboxylic acids is 2. The third-order valence-electron chi connectivity index (χ3n) is 11.6. The van der Waals surface area contributed by atoms with Gasteiger partial charge < -0.3 is 27.9 Å². The fraction of sp³-hybridized carbons (Fsp3) is 0.786. The van der Waals surface area contributed by atoms with E-state index in [-0.39, 0.29) is 32.0 Å². The molecule has 384 valence electrons. The van der Waals surface area contributed by atoms with E-state index in [1.165, 1.54) is 122 Å². The van der Waals surface area contributed by atoms with E-state index in [0.29, 0.717) is 17.4 Å². The fourth-order valence-electron chi connectivity index (χ4n) is 7.39. The number of allylic oxidation sites excluding steroid dienone is 10. The molecular weight excluding hydrogens is 846 g/mol. The summed E-state index contributed by atoms with van der Waals surface area (Å²) in [6.45, 7) is 4.13. The lowest BCUT2D eigenvalue weighted by atomic mass is 10.0. The molecule has 0 heterocycles. The van der Waals surface area contributed by atoms with Crippen LogP contribution in [0, 0.1) is 0 Å². The van der Waals surface area contributed by atoms with Gasteiger partial charge in [0.2, 0.25) is 0 Å². The van der Waals surface area contributed by atoms with E-state index in [1.54, 1.807) is 0 Å². The Morgan fingerprint density at radius 3 is 1.29 bits per heavy atom. The van der Waals surface area contributed by atoms with Crippen LogP contribution in [-0.4, -0.2) is 70.0 Å². The fourth-order valence-corrected chi connectivity index (χ4v) is 8.12. The van der Waals surface area contributed by atoms with Crippen LogP contribution in [0.25, 0.3) is 0 Å². The van der Waals surface area contributed by atoms with Crippen LogP contribution in [0.2, 0.25) is 0 Å². The first-order chi connectivity index (χ1) is 32.0. The Morgan fingerprint density at radius 2 is 0.864 bits per heavy atom. The average molecular weight is 948 g/mol. The Hall–Kier alpha value is -2.29. The topological polar surface area (TPSA) is 111 Å². The van der Waals surface area contributed by atoms with Crippen LogP contribution in [0.5, 0.6) is 0 Å². The Bertz CT molecular complexity index is 1300. The van der Waals surface area contributed by atoms with Gasteiger partial charge in [0.1, 0.15) is 19.8 Å². The van der Waals surface area contributed by atoms with Crippen LogP contribution < -0.4 is 4.89 Å². The Kier molecular flexibility index (Phi) is 46.1. The molecular formula is C56H102NO8P. The number of hydrogen-bond donors (Lipinski definition) is 0. The van der Waals surface area contributed by atoms with Crippen molar-refractivity contribution in [3.8, 4) is 0 Å². The number of hydrogen-bond acceptors (Lipinski definition) is 8. The highest BCUT2D eigenvalue weighted by Gasteiger charge is 2.21. The normalized spacial score (nSPS) is 13.8. The first-order valence-corrected chi connectivity index (χ1v) is 28.5. The van der Waals surface area contributed by atoms with E-state index < -0.39 is 26.5 Å². The standard InChI is InChI=1S/C56H102NO8P/c1-6-8-10-12-14-16-18-20-22-24-26-27-28-29-31-33-35-37-39-41-43-45-47-49-56(59)65-54(53-64-66(60,61)63-51-50-57(3,4)5)52-62-55(58)48-46-44-42-40-38-36-34-32-30-25-23-21-19-17-15-13-11-9-7-2/h8,10,14,16,20,22,26-27,29,31,54H,6-7,9,11-13,15,17-19,21,23-25,28,30,32-53H2,1-5H3/b10-8-,16-14-,22-20-,27-26-,31-29-. The minimum absolute atomic E-state index is 0.0343. The van der Waals surface area contributed by atoms with Crippen molar-refractivity contribution >= 4 is 19.8 Å². The van der Waals surface area contributed by atoms with Gasteiger partial charge in [0.15, 0.2) is 6.10 Å². The van der Waals surface area contributed by atoms with E-state index in [4.69, 9.17) is 18.5 Å². The van der Waals surface area contributed by atoms with Crippen LogP contribution in [-0.2, 0) is 32.7 Å². The largest absolute Gasteiger partial charge is 0.756 e. The smallest absolute Gasteiger partial charge is 0.306 e. The second-order valence-corrected chi connectivity index (χ2v) is 20.6. The number of likely N-dealkylation sites (N-methyl/N-ethyl adjacent to an activating group) is 1. The zero-order valence-electron chi connectivity index (χ0n) is 43.4. The lowest BCUT2D eigenvalue weighted by Gasteiger charge is -2.28. The van der Waals surface area contributed by atoms with Gasteiger partial charge in [0.25, 0.3) is 7.82 Å². The number of rotatable bonds is 49. The zero-order chi connectivity index (χ0) is 48.5. The highest BCUT2D eigenvalue weighted by atomic mass is 31.2. The van der Waals surface area contributed by atoms with Crippen molar-refractivity contribution in [1.29, 1.82) is 0 Å². The maximum absolute atomic E-state index is 12.8. The molecule has 0 amide bonds. The Balaban J connectivity index is 4.24. The lowest BCUT2D eigenvalue weighted by Crippen LogP contribution is -2.37. The molecule has 0 saturated carbocycles. The van der Waals surface area contributed by atoms with Gasteiger partial charge in [-0.25, -0.2) is 0 Å². The third-order valence-corrected chi connectivity index (χ3v) is 12.5. The predicted octanol–water partition coefficient (Wildman–Crippen LogP) is 15.7. The van der Waals surface area contributed by atoms with E-state index >= 15 is 0 Å². The molecule has 0 aromatic heterocycles. The van der Waals surface area contributed by atoms with Gasteiger partial charge >= 0.3 is 11.9 Å². The van der Waals surface area contributed by atoms with Crippen molar-refractivity contribution in [2.45, 2.75) is 238 Å². The van der Waals surface area contributed by atoms with Crippen LogP contribution in [0.3, 0.4) is 0 Å². The van der Waals surface area contributed by atoms with Crippen molar-refractivity contribution in [3.63, 3.8) is 0 Å². The molecule has 0 aromatic rings. The Morgan fingerprint density at radius 1 is 0.485 bits per heavy atom. The van der Waals surface area contributed by atoms with Gasteiger partial charge in [-0.1, -0.05) is 222 Å². The van der Waals surface area contributed by atoms with Crippen molar-refractivity contribution in [3.05, 3.63) is 60.8 Å². The number of phosphoric acid groups is 1. The van der Waals surface area contributed by atoms with Crippen molar-refractivity contribution in [1.82, 2.24) is 0 Å². The molecule has 10 heteroatoms. The molecule has 0 bridgehead atoms. The van der Waals surface area contributed by atoms with Crippen molar-refractivity contribution in [2.75, 3.05) is 47.5 Å². The second kappa shape index (κ2) is 47.8.